The molecule has 0 atom stereocenters. The summed E-state index contributed by atoms with van der Waals surface area (Å²) in [5.74, 6) is 0.411. The zero-order chi connectivity index (χ0) is 23.0. The average Bonchev–Trinajstić information content (AvgIpc) is 2.82. The summed E-state index contributed by atoms with van der Waals surface area (Å²) in [6.07, 6.45) is 0.646. The van der Waals surface area contributed by atoms with Crippen LogP contribution in [0.25, 0.3) is 0 Å². The van der Waals surface area contributed by atoms with Crippen molar-refractivity contribution in [1.29, 1.82) is 0 Å². The Hall–Kier alpha value is -3.36. The number of anilines is 1. The Balaban J connectivity index is 1.69. The van der Waals surface area contributed by atoms with E-state index in [1.165, 1.54) is 25.3 Å². The van der Waals surface area contributed by atoms with Gasteiger partial charge in [-0.2, -0.15) is 0 Å². The summed E-state index contributed by atoms with van der Waals surface area (Å²) in [7, 11) is -2.42. The molecule has 0 saturated heterocycles. The Bertz CT molecular complexity index is 1150. The lowest BCUT2D eigenvalue weighted by molar-refractivity contribution is 0.102. The second-order valence-corrected chi connectivity index (χ2v) is 8.75. The molecule has 0 fully saturated rings. The molecule has 168 valence electrons. The molecule has 3 aromatic rings. The predicted octanol–water partition coefficient (Wildman–Crippen LogP) is 4.21. The number of methoxy groups -OCH3 is 1. The van der Waals surface area contributed by atoms with Gasteiger partial charge < -0.3 is 14.8 Å². The van der Waals surface area contributed by atoms with E-state index in [0.717, 1.165) is 5.56 Å². The highest BCUT2D eigenvalue weighted by molar-refractivity contribution is 7.89. The first-order valence-electron chi connectivity index (χ1n) is 10.2. The molecule has 0 saturated carbocycles. The molecule has 1 amide bonds. The molecular formula is C24H26N2O5S. The average molecular weight is 455 g/mol. The quantitative estimate of drug-likeness (QED) is 0.479. The fourth-order valence-corrected chi connectivity index (χ4v) is 4.25. The normalized spacial score (nSPS) is 11.1. The Labute approximate surface area is 188 Å². The lowest BCUT2D eigenvalue weighted by Gasteiger charge is -2.12. The number of carbonyl (C=O) groups is 1. The van der Waals surface area contributed by atoms with Gasteiger partial charge in [0.25, 0.3) is 5.91 Å². The van der Waals surface area contributed by atoms with Crippen LogP contribution in [0.3, 0.4) is 0 Å². The van der Waals surface area contributed by atoms with Crippen LogP contribution in [0.1, 0.15) is 29.3 Å². The minimum atomic E-state index is -3.80. The van der Waals surface area contributed by atoms with Gasteiger partial charge in [-0.05, 0) is 54.4 Å². The Morgan fingerprint density at radius 2 is 1.69 bits per heavy atom. The van der Waals surface area contributed by atoms with Gasteiger partial charge in [0.05, 0.1) is 7.11 Å². The maximum absolute atomic E-state index is 12.7. The fraction of sp³-hybridized carbons (Fsp3) is 0.208. The van der Waals surface area contributed by atoms with Crippen molar-refractivity contribution in [2.45, 2.75) is 24.8 Å². The Kier molecular flexibility index (Phi) is 7.86. The van der Waals surface area contributed by atoms with Crippen LogP contribution < -0.4 is 19.5 Å². The van der Waals surface area contributed by atoms with Gasteiger partial charge in [0, 0.05) is 17.8 Å². The molecule has 7 nitrogen and oxygen atoms in total. The van der Waals surface area contributed by atoms with E-state index < -0.39 is 15.9 Å². The largest absolute Gasteiger partial charge is 0.495 e. The highest BCUT2D eigenvalue weighted by atomic mass is 32.2. The van der Waals surface area contributed by atoms with Gasteiger partial charge in [0.2, 0.25) is 10.0 Å². The summed E-state index contributed by atoms with van der Waals surface area (Å²) < 4.78 is 38.5. The Morgan fingerprint density at radius 1 is 0.969 bits per heavy atom. The van der Waals surface area contributed by atoms with Crippen molar-refractivity contribution < 1.29 is 22.7 Å². The summed E-state index contributed by atoms with van der Waals surface area (Å²) in [5, 5.41) is 2.77. The maximum Gasteiger partial charge on any atom is 0.255 e. The number of hydrogen-bond donors (Lipinski definition) is 2. The molecule has 8 heteroatoms. The molecule has 0 aliphatic rings. The zero-order valence-corrected chi connectivity index (χ0v) is 18.8. The van der Waals surface area contributed by atoms with E-state index in [9.17, 15) is 13.2 Å². The van der Waals surface area contributed by atoms with Crippen LogP contribution in [0.15, 0.2) is 77.7 Å². The second kappa shape index (κ2) is 10.8. The van der Waals surface area contributed by atoms with Gasteiger partial charge in [-0.15, -0.1) is 0 Å². The molecular weight excluding hydrogens is 428 g/mol. The van der Waals surface area contributed by atoms with Crippen LogP contribution in [-0.4, -0.2) is 28.0 Å². The predicted molar refractivity (Wildman–Crippen MR) is 124 cm³/mol. The fourth-order valence-electron chi connectivity index (χ4n) is 2.92. The maximum atomic E-state index is 12.7. The number of ether oxygens (including phenoxy) is 2. The van der Waals surface area contributed by atoms with Crippen molar-refractivity contribution in [3.05, 3.63) is 83.9 Å². The van der Waals surface area contributed by atoms with E-state index in [1.54, 1.807) is 24.3 Å². The second-order valence-electron chi connectivity index (χ2n) is 7.02. The topological polar surface area (TPSA) is 93.7 Å². The zero-order valence-electron chi connectivity index (χ0n) is 18.0. The summed E-state index contributed by atoms with van der Waals surface area (Å²) in [4.78, 5) is 12.6. The van der Waals surface area contributed by atoms with E-state index >= 15 is 0 Å². The standard InChI is InChI=1S/C24H26N2O5S/c1-3-15-25-32(28,29)23-16-19(9-14-22(23)30-2)24(27)26-20-10-12-21(13-11-20)31-17-18-7-5-4-6-8-18/h4-14,16,25H,3,15,17H2,1-2H3,(H,26,27). The van der Waals surface area contributed by atoms with Gasteiger partial charge in [0.1, 0.15) is 23.0 Å². The van der Waals surface area contributed by atoms with Crippen LogP contribution >= 0.6 is 0 Å². The first-order valence-corrected chi connectivity index (χ1v) is 11.7. The Morgan fingerprint density at radius 3 is 2.34 bits per heavy atom. The first-order chi connectivity index (χ1) is 15.4. The van der Waals surface area contributed by atoms with Crippen molar-refractivity contribution >= 4 is 21.6 Å². The molecule has 3 rings (SSSR count). The van der Waals surface area contributed by atoms with E-state index in [2.05, 4.69) is 10.0 Å². The number of carbonyl (C=O) groups excluding carboxylic acids is 1. The van der Waals surface area contributed by atoms with Crippen LogP contribution in [0.2, 0.25) is 0 Å². The van der Waals surface area contributed by atoms with Crippen LogP contribution in [-0.2, 0) is 16.6 Å². The van der Waals surface area contributed by atoms with Crippen LogP contribution in [0.4, 0.5) is 5.69 Å². The third-order valence-corrected chi connectivity index (χ3v) is 6.10. The monoisotopic (exact) mass is 454 g/mol. The van der Waals surface area contributed by atoms with E-state index in [1.807, 2.05) is 37.3 Å². The smallest absolute Gasteiger partial charge is 0.255 e. The van der Waals surface area contributed by atoms with Gasteiger partial charge in [-0.1, -0.05) is 37.3 Å². The van der Waals surface area contributed by atoms with E-state index in [-0.39, 0.29) is 16.2 Å². The molecule has 0 spiro atoms. The lowest BCUT2D eigenvalue weighted by atomic mass is 10.2. The molecule has 0 heterocycles. The number of amides is 1. The number of nitrogens with one attached hydrogen (secondary N) is 2. The molecule has 0 aliphatic carbocycles. The first kappa shape index (κ1) is 23.3. The molecule has 2 N–H and O–H groups in total. The molecule has 32 heavy (non-hydrogen) atoms. The van der Waals surface area contributed by atoms with Crippen molar-refractivity contribution in [3.8, 4) is 11.5 Å². The third-order valence-electron chi connectivity index (χ3n) is 4.62. The van der Waals surface area contributed by atoms with Crippen LogP contribution in [0.5, 0.6) is 11.5 Å². The number of sulfonamides is 1. The lowest BCUT2D eigenvalue weighted by Crippen LogP contribution is -2.25. The van der Waals surface area contributed by atoms with Crippen molar-refractivity contribution in [1.82, 2.24) is 4.72 Å². The third kappa shape index (κ3) is 6.09. The molecule has 0 aromatic heterocycles. The van der Waals surface area contributed by atoms with Gasteiger partial charge in [-0.3, -0.25) is 4.79 Å². The SMILES string of the molecule is CCCNS(=O)(=O)c1cc(C(=O)Nc2ccc(OCc3ccccc3)cc2)ccc1OC. The molecule has 0 aliphatic heterocycles. The van der Waals surface area contributed by atoms with Crippen LogP contribution in [0, 0.1) is 0 Å². The van der Waals surface area contributed by atoms with Gasteiger partial charge in [0.15, 0.2) is 0 Å². The number of hydrogen-bond acceptors (Lipinski definition) is 5. The van der Waals surface area contributed by atoms with E-state index in [4.69, 9.17) is 9.47 Å². The minimum Gasteiger partial charge on any atom is -0.495 e. The van der Waals surface area contributed by atoms with Crippen molar-refractivity contribution in [3.63, 3.8) is 0 Å². The van der Waals surface area contributed by atoms with Crippen molar-refractivity contribution in [2.75, 3.05) is 19.0 Å². The minimum absolute atomic E-state index is 0.0780. The van der Waals surface area contributed by atoms with E-state index in [0.29, 0.717) is 31.0 Å². The number of rotatable bonds is 10. The highest BCUT2D eigenvalue weighted by Gasteiger charge is 2.21. The molecule has 3 aromatic carbocycles. The van der Waals surface area contributed by atoms with Crippen molar-refractivity contribution in [2.24, 2.45) is 0 Å². The summed E-state index contributed by atoms with van der Waals surface area (Å²) >= 11 is 0. The molecule has 0 unspecified atom stereocenters. The summed E-state index contributed by atoms with van der Waals surface area (Å²) in [5.41, 5.74) is 1.82. The molecule has 0 bridgehead atoms. The number of benzene rings is 3. The molecule has 0 radical (unpaired) electrons. The summed E-state index contributed by atoms with van der Waals surface area (Å²) in [6, 6.07) is 21.1. The highest BCUT2D eigenvalue weighted by Crippen LogP contribution is 2.25. The van der Waals surface area contributed by atoms with Gasteiger partial charge in [-0.25, -0.2) is 13.1 Å². The van der Waals surface area contributed by atoms with Gasteiger partial charge >= 0.3 is 0 Å². The summed E-state index contributed by atoms with van der Waals surface area (Å²) in [6.45, 7) is 2.60.